The molecule has 0 unspecified atom stereocenters. The number of benzene rings is 2. The summed E-state index contributed by atoms with van der Waals surface area (Å²) in [6.07, 6.45) is 0.541. The van der Waals surface area contributed by atoms with Gasteiger partial charge in [-0.1, -0.05) is 18.2 Å². The highest BCUT2D eigenvalue weighted by Crippen LogP contribution is 2.35. The Morgan fingerprint density at radius 2 is 2.00 bits per heavy atom. The van der Waals surface area contributed by atoms with E-state index in [2.05, 4.69) is 5.32 Å². The van der Waals surface area contributed by atoms with Crippen LogP contribution in [0.3, 0.4) is 0 Å². The van der Waals surface area contributed by atoms with Crippen molar-refractivity contribution in [1.29, 1.82) is 0 Å². The molecule has 7 nitrogen and oxygen atoms in total. The minimum atomic E-state index is -3.50. The van der Waals surface area contributed by atoms with E-state index in [1.54, 1.807) is 36.4 Å². The number of para-hydroxylation sites is 2. The number of carbonyl (C=O) groups is 1. The predicted molar refractivity (Wildman–Crippen MR) is 104 cm³/mol. The first-order valence-corrected chi connectivity index (χ1v) is 10.3. The number of sulfonamides is 1. The summed E-state index contributed by atoms with van der Waals surface area (Å²) in [4.78, 5) is 12.8. The van der Waals surface area contributed by atoms with Gasteiger partial charge in [0.05, 0.1) is 24.7 Å². The van der Waals surface area contributed by atoms with Crippen molar-refractivity contribution in [3.8, 4) is 11.5 Å². The number of amides is 1. The fraction of sp³-hybridized carbons (Fsp3) is 0.316. The molecule has 0 aromatic heterocycles. The minimum Gasteiger partial charge on any atom is -0.495 e. The maximum Gasteiger partial charge on any atom is 0.265 e. The standard InChI is InChI=1S/C19H22N2O5S/c1-13-8-9-17-15(12-13)21(27(3,23)24)11-10-18(26-17)19(22)20-14-6-4-5-7-16(14)25-2/h4-9,12,18H,10-11H2,1-3H3,(H,20,22)/t18-/m0/s1. The molecule has 2 aromatic rings. The molecule has 1 amide bonds. The molecule has 1 aliphatic rings. The van der Waals surface area contributed by atoms with Gasteiger partial charge in [-0.15, -0.1) is 0 Å². The number of fused-ring (bicyclic) bond motifs is 1. The molecule has 1 N–H and O–H groups in total. The smallest absolute Gasteiger partial charge is 0.265 e. The number of anilines is 2. The quantitative estimate of drug-likeness (QED) is 0.867. The lowest BCUT2D eigenvalue weighted by Crippen LogP contribution is -2.36. The SMILES string of the molecule is COc1ccccc1NC(=O)[C@@H]1CCN(S(C)(=O)=O)c2cc(C)ccc2O1. The lowest BCUT2D eigenvalue weighted by molar-refractivity contribution is -0.122. The van der Waals surface area contributed by atoms with Gasteiger partial charge >= 0.3 is 0 Å². The molecule has 0 saturated carbocycles. The van der Waals surface area contributed by atoms with Crippen LogP contribution in [0.4, 0.5) is 11.4 Å². The molecule has 27 heavy (non-hydrogen) atoms. The molecule has 8 heteroatoms. The summed E-state index contributed by atoms with van der Waals surface area (Å²) < 4.78 is 36.9. The van der Waals surface area contributed by atoms with Gasteiger partial charge in [0.15, 0.2) is 6.10 Å². The summed E-state index contributed by atoms with van der Waals surface area (Å²) >= 11 is 0. The number of hydrogen-bond acceptors (Lipinski definition) is 5. The zero-order valence-electron chi connectivity index (χ0n) is 15.4. The van der Waals surface area contributed by atoms with Crippen LogP contribution >= 0.6 is 0 Å². The number of methoxy groups -OCH3 is 1. The topological polar surface area (TPSA) is 84.9 Å². The molecule has 1 aliphatic heterocycles. The molecule has 0 spiro atoms. The largest absolute Gasteiger partial charge is 0.495 e. The molecule has 1 atom stereocenters. The van der Waals surface area contributed by atoms with Gasteiger partial charge in [0.2, 0.25) is 10.0 Å². The second kappa shape index (κ2) is 7.48. The van der Waals surface area contributed by atoms with Crippen molar-refractivity contribution in [3.63, 3.8) is 0 Å². The van der Waals surface area contributed by atoms with Crippen LogP contribution in [-0.4, -0.2) is 40.3 Å². The van der Waals surface area contributed by atoms with Gasteiger partial charge in [0, 0.05) is 13.0 Å². The Hall–Kier alpha value is -2.74. The monoisotopic (exact) mass is 390 g/mol. The number of carbonyl (C=O) groups excluding carboxylic acids is 1. The van der Waals surface area contributed by atoms with E-state index >= 15 is 0 Å². The number of aryl methyl sites for hydroxylation is 1. The fourth-order valence-corrected chi connectivity index (χ4v) is 3.92. The maximum atomic E-state index is 12.8. The molecule has 144 valence electrons. The number of nitrogens with one attached hydrogen (secondary N) is 1. The first-order chi connectivity index (χ1) is 12.8. The Kier molecular flexibility index (Phi) is 5.27. The van der Waals surface area contributed by atoms with Gasteiger partial charge in [-0.3, -0.25) is 9.10 Å². The number of nitrogens with zero attached hydrogens (tertiary/aromatic N) is 1. The molecule has 0 aliphatic carbocycles. The summed E-state index contributed by atoms with van der Waals surface area (Å²) in [6.45, 7) is 2.02. The van der Waals surface area contributed by atoms with E-state index < -0.39 is 16.1 Å². The molecular weight excluding hydrogens is 368 g/mol. The average molecular weight is 390 g/mol. The Bertz CT molecular complexity index is 958. The van der Waals surface area contributed by atoms with Crippen molar-refractivity contribution >= 4 is 27.3 Å². The zero-order valence-corrected chi connectivity index (χ0v) is 16.2. The molecule has 3 rings (SSSR count). The first kappa shape index (κ1) is 19.0. The number of ether oxygens (including phenoxy) is 2. The van der Waals surface area contributed by atoms with Crippen LogP contribution in [0.15, 0.2) is 42.5 Å². The van der Waals surface area contributed by atoms with E-state index in [4.69, 9.17) is 9.47 Å². The van der Waals surface area contributed by atoms with E-state index in [1.165, 1.54) is 11.4 Å². The van der Waals surface area contributed by atoms with Crippen molar-refractivity contribution in [3.05, 3.63) is 48.0 Å². The van der Waals surface area contributed by atoms with Gasteiger partial charge in [0.1, 0.15) is 11.5 Å². The summed E-state index contributed by atoms with van der Waals surface area (Å²) in [5.41, 5.74) is 1.88. The van der Waals surface area contributed by atoms with Crippen molar-refractivity contribution in [2.75, 3.05) is 29.5 Å². The highest BCUT2D eigenvalue weighted by atomic mass is 32.2. The van der Waals surface area contributed by atoms with Crippen molar-refractivity contribution in [2.45, 2.75) is 19.4 Å². The fourth-order valence-electron chi connectivity index (χ4n) is 2.98. The third kappa shape index (κ3) is 4.16. The molecule has 0 saturated heterocycles. The van der Waals surface area contributed by atoms with Gasteiger partial charge in [-0.25, -0.2) is 8.42 Å². The van der Waals surface area contributed by atoms with Gasteiger partial charge < -0.3 is 14.8 Å². The highest BCUT2D eigenvalue weighted by Gasteiger charge is 2.31. The van der Waals surface area contributed by atoms with Crippen LogP contribution < -0.4 is 19.1 Å². The third-order valence-electron chi connectivity index (χ3n) is 4.30. The molecule has 0 bridgehead atoms. The minimum absolute atomic E-state index is 0.152. The highest BCUT2D eigenvalue weighted by molar-refractivity contribution is 7.92. The van der Waals surface area contributed by atoms with Gasteiger partial charge in [-0.2, -0.15) is 0 Å². The molecular formula is C19H22N2O5S. The molecule has 2 aromatic carbocycles. The lowest BCUT2D eigenvalue weighted by atomic mass is 10.2. The predicted octanol–water partition coefficient (Wildman–Crippen LogP) is 2.56. The summed E-state index contributed by atoms with van der Waals surface area (Å²) in [5, 5.41) is 2.80. The van der Waals surface area contributed by atoms with Crippen molar-refractivity contribution in [2.24, 2.45) is 0 Å². The molecule has 0 fully saturated rings. The van der Waals surface area contributed by atoms with Crippen molar-refractivity contribution < 1.29 is 22.7 Å². The molecule has 1 heterocycles. The van der Waals surface area contributed by atoms with E-state index in [0.717, 1.165) is 11.8 Å². The van der Waals surface area contributed by atoms with Gasteiger partial charge in [0.25, 0.3) is 5.91 Å². The van der Waals surface area contributed by atoms with Crippen LogP contribution in [0.25, 0.3) is 0 Å². The van der Waals surface area contributed by atoms with E-state index in [9.17, 15) is 13.2 Å². The maximum absolute atomic E-state index is 12.8. The van der Waals surface area contributed by atoms with E-state index in [-0.39, 0.29) is 18.9 Å². The Balaban J connectivity index is 1.89. The normalized spacial score (nSPS) is 16.7. The van der Waals surface area contributed by atoms with E-state index in [0.29, 0.717) is 22.9 Å². The van der Waals surface area contributed by atoms with Crippen LogP contribution in [0.2, 0.25) is 0 Å². The summed E-state index contributed by atoms with van der Waals surface area (Å²) in [7, 11) is -1.97. The first-order valence-electron chi connectivity index (χ1n) is 8.48. The summed E-state index contributed by atoms with van der Waals surface area (Å²) in [6, 6.07) is 12.3. The van der Waals surface area contributed by atoms with Crippen LogP contribution in [0.1, 0.15) is 12.0 Å². The number of hydrogen-bond donors (Lipinski definition) is 1. The Morgan fingerprint density at radius 3 is 2.70 bits per heavy atom. The second-order valence-electron chi connectivity index (χ2n) is 6.39. The second-order valence-corrected chi connectivity index (χ2v) is 8.30. The van der Waals surface area contributed by atoms with Crippen molar-refractivity contribution in [1.82, 2.24) is 0 Å². The zero-order chi connectivity index (χ0) is 19.6. The van der Waals surface area contributed by atoms with Crippen LogP contribution in [-0.2, 0) is 14.8 Å². The van der Waals surface area contributed by atoms with Crippen LogP contribution in [0.5, 0.6) is 11.5 Å². The molecule has 0 radical (unpaired) electrons. The van der Waals surface area contributed by atoms with Gasteiger partial charge in [-0.05, 0) is 36.8 Å². The van der Waals surface area contributed by atoms with E-state index in [1.807, 2.05) is 13.0 Å². The lowest BCUT2D eigenvalue weighted by Gasteiger charge is -2.21. The number of rotatable bonds is 4. The Labute approximate surface area is 158 Å². The summed E-state index contributed by atoms with van der Waals surface area (Å²) in [5.74, 6) is 0.540. The van der Waals surface area contributed by atoms with Crippen LogP contribution in [0, 0.1) is 6.92 Å². The Morgan fingerprint density at radius 1 is 1.26 bits per heavy atom. The third-order valence-corrected chi connectivity index (χ3v) is 5.48. The average Bonchev–Trinajstić information content (AvgIpc) is 2.81.